The van der Waals surface area contributed by atoms with E-state index >= 15 is 0 Å². The summed E-state index contributed by atoms with van der Waals surface area (Å²) in [7, 11) is 1.54. The average Bonchev–Trinajstić information content (AvgIpc) is 2.30. The van der Waals surface area contributed by atoms with Crippen LogP contribution in [-0.2, 0) is 23.8 Å². The van der Waals surface area contributed by atoms with Gasteiger partial charge in [0.15, 0.2) is 0 Å². The van der Waals surface area contributed by atoms with Gasteiger partial charge in [0.05, 0.1) is 23.5 Å². The van der Waals surface area contributed by atoms with Crippen LogP contribution in [0.15, 0.2) is 0 Å². The highest BCUT2D eigenvalue weighted by molar-refractivity contribution is 5.75. The van der Waals surface area contributed by atoms with E-state index in [1.807, 2.05) is 0 Å². The van der Waals surface area contributed by atoms with Gasteiger partial charge in [-0.1, -0.05) is 0 Å². The van der Waals surface area contributed by atoms with E-state index in [0.29, 0.717) is 6.42 Å². The van der Waals surface area contributed by atoms with Crippen LogP contribution in [0.3, 0.4) is 0 Å². The SMILES string of the molecule is CO[C@@H](CCOC(=O)C(C)(C)C)COC(=O)C(C)(C)C. The van der Waals surface area contributed by atoms with Crippen molar-refractivity contribution in [1.29, 1.82) is 0 Å². The quantitative estimate of drug-likeness (QED) is 0.703. The Bertz CT molecular complexity index is 322. The van der Waals surface area contributed by atoms with Crippen LogP contribution >= 0.6 is 0 Å². The van der Waals surface area contributed by atoms with Crippen LogP contribution in [0.2, 0.25) is 0 Å². The third-order valence-electron chi connectivity index (χ3n) is 2.63. The first-order valence-corrected chi connectivity index (χ1v) is 6.85. The monoisotopic (exact) mass is 288 g/mol. The minimum atomic E-state index is -0.531. The molecule has 0 N–H and O–H groups in total. The number of carbonyl (C=O) groups excluding carboxylic acids is 2. The molecule has 0 aliphatic carbocycles. The third-order valence-corrected chi connectivity index (χ3v) is 2.63. The Kier molecular flexibility index (Phi) is 7.20. The van der Waals surface area contributed by atoms with E-state index in [2.05, 4.69) is 0 Å². The van der Waals surface area contributed by atoms with Crippen molar-refractivity contribution in [1.82, 2.24) is 0 Å². The van der Waals surface area contributed by atoms with Crippen molar-refractivity contribution < 1.29 is 23.8 Å². The van der Waals surface area contributed by atoms with Crippen LogP contribution in [0.5, 0.6) is 0 Å². The van der Waals surface area contributed by atoms with Crippen LogP contribution in [0.4, 0.5) is 0 Å². The lowest BCUT2D eigenvalue weighted by Crippen LogP contribution is -2.29. The van der Waals surface area contributed by atoms with E-state index in [1.54, 1.807) is 48.7 Å². The predicted octanol–water partition coefficient (Wildman–Crippen LogP) is 2.57. The molecule has 0 aromatic heterocycles. The minimum Gasteiger partial charge on any atom is -0.465 e. The summed E-state index contributed by atoms with van der Waals surface area (Å²) in [5.74, 6) is -0.523. The van der Waals surface area contributed by atoms with E-state index in [0.717, 1.165) is 0 Å². The second-order valence-corrected chi connectivity index (χ2v) is 6.88. The molecule has 0 saturated carbocycles. The normalized spacial score (nSPS) is 13.8. The summed E-state index contributed by atoms with van der Waals surface area (Å²) in [4.78, 5) is 23.2. The van der Waals surface area contributed by atoms with Crippen molar-refractivity contribution in [3.63, 3.8) is 0 Å². The zero-order valence-electron chi connectivity index (χ0n) is 13.7. The molecule has 0 unspecified atom stereocenters. The van der Waals surface area contributed by atoms with Gasteiger partial charge in [0, 0.05) is 13.5 Å². The maximum atomic E-state index is 11.6. The Labute approximate surface area is 122 Å². The molecule has 0 aliphatic rings. The average molecular weight is 288 g/mol. The van der Waals surface area contributed by atoms with E-state index < -0.39 is 10.8 Å². The van der Waals surface area contributed by atoms with Gasteiger partial charge in [-0.15, -0.1) is 0 Å². The molecule has 5 nitrogen and oxygen atoms in total. The first-order chi connectivity index (χ1) is 8.98. The maximum absolute atomic E-state index is 11.6. The molecule has 118 valence electrons. The van der Waals surface area contributed by atoms with Gasteiger partial charge in [0.25, 0.3) is 0 Å². The van der Waals surface area contributed by atoms with Gasteiger partial charge in [0.2, 0.25) is 0 Å². The van der Waals surface area contributed by atoms with Crippen molar-refractivity contribution in [2.45, 2.75) is 54.1 Å². The van der Waals surface area contributed by atoms with Gasteiger partial charge in [-0.2, -0.15) is 0 Å². The summed E-state index contributed by atoms with van der Waals surface area (Å²) in [6.45, 7) is 11.2. The van der Waals surface area contributed by atoms with Crippen molar-refractivity contribution in [3.05, 3.63) is 0 Å². The number of carbonyl (C=O) groups is 2. The number of hydrogen-bond donors (Lipinski definition) is 0. The molecule has 5 heteroatoms. The molecule has 0 heterocycles. The van der Waals surface area contributed by atoms with Gasteiger partial charge < -0.3 is 14.2 Å². The van der Waals surface area contributed by atoms with E-state index in [9.17, 15) is 9.59 Å². The van der Waals surface area contributed by atoms with Crippen LogP contribution in [0.25, 0.3) is 0 Å². The second kappa shape index (κ2) is 7.62. The van der Waals surface area contributed by atoms with E-state index in [1.165, 1.54) is 0 Å². The Morgan fingerprint density at radius 1 is 0.900 bits per heavy atom. The standard InChI is InChI=1S/C15H28O5/c1-14(2,3)12(16)19-9-8-11(18-7)10-20-13(17)15(4,5)6/h11H,8-10H2,1-7H3/t11-/m0/s1. The number of ether oxygens (including phenoxy) is 3. The third kappa shape index (κ3) is 7.48. The van der Waals surface area contributed by atoms with E-state index in [-0.39, 0.29) is 31.3 Å². The highest BCUT2D eigenvalue weighted by Gasteiger charge is 2.25. The number of hydrogen-bond acceptors (Lipinski definition) is 5. The molecule has 0 aromatic rings. The van der Waals surface area contributed by atoms with E-state index in [4.69, 9.17) is 14.2 Å². The highest BCUT2D eigenvalue weighted by Crippen LogP contribution is 2.17. The lowest BCUT2D eigenvalue weighted by atomic mass is 9.97. The molecule has 20 heavy (non-hydrogen) atoms. The number of esters is 2. The van der Waals surface area contributed by atoms with Crippen LogP contribution in [0.1, 0.15) is 48.0 Å². The Morgan fingerprint density at radius 2 is 1.35 bits per heavy atom. The molecule has 0 saturated heterocycles. The van der Waals surface area contributed by atoms with Gasteiger partial charge in [-0.25, -0.2) is 0 Å². The first kappa shape index (κ1) is 18.9. The highest BCUT2D eigenvalue weighted by atomic mass is 16.6. The zero-order chi connectivity index (χ0) is 16.0. The summed E-state index contributed by atoms with van der Waals surface area (Å²) in [5, 5.41) is 0. The Morgan fingerprint density at radius 3 is 1.75 bits per heavy atom. The summed E-state index contributed by atoms with van der Waals surface area (Å²) in [6, 6.07) is 0. The van der Waals surface area contributed by atoms with Gasteiger partial charge >= 0.3 is 11.9 Å². The molecule has 0 aromatic carbocycles. The molecular formula is C15H28O5. The van der Waals surface area contributed by atoms with Crippen LogP contribution in [0, 0.1) is 10.8 Å². The van der Waals surface area contributed by atoms with Crippen LogP contribution in [-0.4, -0.2) is 38.4 Å². The van der Waals surface area contributed by atoms with Gasteiger partial charge in [-0.05, 0) is 41.5 Å². The van der Waals surface area contributed by atoms with Crippen molar-refractivity contribution >= 4 is 11.9 Å². The topological polar surface area (TPSA) is 61.8 Å². The molecule has 0 radical (unpaired) electrons. The minimum absolute atomic E-state index is 0.166. The molecule has 0 rings (SSSR count). The van der Waals surface area contributed by atoms with Crippen LogP contribution < -0.4 is 0 Å². The van der Waals surface area contributed by atoms with Gasteiger partial charge in [0.1, 0.15) is 6.61 Å². The lowest BCUT2D eigenvalue weighted by molar-refractivity contribution is -0.159. The fourth-order valence-electron chi connectivity index (χ4n) is 1.15. The molecule has 0 amide bonds. The van der Waals surface area contributed by atoms with Crippen molar-refractivity contribution in [2.75, 3.05) is 20.3 Å². The number of rotatable bonds is 6. The lowest BCUT2D eigenvalue weighted by Gasteiger charge is -2.21. The molecule has 0 fully saturated rings. The largest absolute Gasteiger partial charge is 0.465 e. The van der Waals surface area contributed by atoms with Crippen molar-refractivity contribution in [2.24, 2.45) is 10.8 Å². The molecular weight excluding hydrogens is 260 g/mol. The molecule has 0 spiro atoms. The summed E-state index contributed by atoms with van der Waals surface area (Å²) >= 11 is 0. The summed E-state index contributed by atoms with van der Waals surface area (Å²) in [5.41, 5.74) is -1.04. The maximum Gasteiger partial charge on any atom is 0.311 e. The molecule has 0 aliphatic heterocycles. The summed E-state index contributed by atoms with van der Waals surface area (Å²) in [6.07, 6.45) is 0.226. The smallest absolute Gasteiger partial charge is 0.311 e. The van der Waals surface area contributed by atoms with Crippen molar-refractivity contribution in [3.8, 4) is 0 Å². The Balaban J connectivity index is 4.06. The summed E-state index contributed by atoms with van der Waals surface area (Å²) < 4.78 is 15.5. The predicted molar refractivity (Wildman–Crippen MR) is 76.2 cm³/mol. The first-order valence-electron chi connectivity index (χ1n) is 6.85. The molecule has 1 atom stereocenters. The molecule has 0 bridgehead atoms. The fourth-order valence-corrected chi connectivity index (χ4v) is 1.15. The van der Waals surface area contributed by atoms with Gasteiger partial charge in [-0.3, -0.25) is 9.59 Å². The number of methoxy groups -OCH3 is 1. The zero-order valence-corrected chi connectivity index (χ0v) is 13.7. The Hall–Kier alpha value is -1.10. The second-order valence-electron chi connectivity index (χ2n) is 6.88. The fraction of sp³-hybridized carbons (Fsp3) is 0.867.